The van der Waals surface area contributed by atoms with Crippen LogP contribution >= 0.6 is 0 Å². The monoisotopic (exact) mass is 329 g/mol. The van der Waals surface area contributed by atoms with E-state index in [1.54, 1.807) is 6.07 Å². The minimum atomic E-state index is -0.557. The summed E-state index contributed by atoms with van der Waals surface area (Å²) in [6, 6.07) is 14.0. The lowest BCUT2D eigenvalue weighted by molar-refractivity contribution is -0.384. The minimum absolute atomic E-state index is 0.0113. The van der Waals surface area contributed by atoms with Crippen molar-refractivity contribution in [1.82, 2.24) is 5.32 Å². The fourth-order valence-corrected chi connectivity index (χ4v) is 2.19. The SMILES string of the molecule is COc1ccc(NC(=O)CN[C@@H](C)c2ccccc2)c([N+](=O)[O-])c1. The molecule has 7 heteroatoms. The van der Waals surface area contributed by atoms with Gasteiger partial charge < -0.3 is 15.4 Å². The van der Waals surface area contributed by atoms with Crippen LogP contribution in [0, 0.1) is 10.1 Å². The van der Waals surface area contributed by atoms with Crippen molar-refractivity contribution in [2.24, 2.45) is 0 Å². The molecule has 0 saturated carbocycles. The highest BCUT2D eigenvalue weighted by atomic mass is 16.6. The summed E-state index contributed by atoms with van der Waals surface area (Å²) in [6.45, 7) is 1.98. The second-order valence-corrected chi connectivity index (χ2v) is 5.20. The van der Waals surface area contributed by atoms with E-state index in [0.29, 0.717) is 5.75 Å². The molecule has 1 amide bonds. The van der Waals surface area contributed by atoms with Gasteiger partial charge in [0.25, 0.3) is 5.69 Å². The van der Waals surface area contributed by atoms with Crippen LogP contribution in [0.25, 0.3) is 0 Å². The van der Waals surface area contributed by atoms with Gasteiger partial charge in [0.05, 0.1) is 24.6 Å². The average molecular weight is 329 g/mol. The van der Waals surface area contributed by atoms with Gasteiger partial charge in [-0.2, -0.15) is 0 Å². The zero-order valence-electron chi connectivity index (χ0n) is 13.5. The lowest BCUT2D eigenvalue weighted by Crippen LogP contribution is -2.30. The number of benzene rings is 2. The van der Waals surface area contributed by atoms with Crippen molar-refractivity contribution >= 4 is 17.3 Å². The van der Waals surface area contributed by atoms with E-state index >= 15 is 0 Å². The number of carbonyl (C=O) groups is 1. The van der Waals surface area contributed by atoms with Crippen LogP contribution < -0.4 is 15.4 Å². The number of nitro benzene ring substituents is 1. The van der Waals surface area contributed by atoms with Crippen molar-refractivity contribution in [3.63, 3.8) is 0 Å². The third-order valence-electron chi connectivity index (χ3n) is 3.54. The van der Waals surface area contributed by atoms with E-state index in [9.17, 15) is 14.9 Å². The highest BCUT2D eigenvalue weighted by Crippen LogP contribution is 2.28. The molecule has 0 heterocycles. The van der Waals surface area contributed by atoms with Crippen LogP contribution in [0.15, 0.2) is 48.5 Å². The summed E-state index contributed by atoms with van der Waals surface area (Å²) in [5.41, 5.74) is 0.986. The number of hydrogen-bond donors (Lipinski definition) is 2. The molecule has 0 saturated heterocycles. The quantitative estimate of drug-likeness (QED) is 0.602. The van der Waals surface area contributed by atoms with Crippen molar-refractivity contribution in [3.8, 4) is 5.75 Å². The Morgan fingerprint density at radius 1 is 1.25 bits per heavy atom. The summed E-state index contributed by atoms with van der Waals surface area (Å²) >= 11 is 0. The van der Waals surface area contributed by atoms with Gasteiger partial charge in [-0.25, -0.2) is 0 Å². The molecule has 0 radical (unpaired) electrons. The minimum Gasteiger partial charge on any atom is -0.496 e. The number of hydrogen-bond acceptors (Lipinski definition) is 5. The van der Waals surface area contributed by atoms with E-state index in [4.69, 9.17) is 4.74 Å². The summed E-state index contributed by atoms with van der Waals surface area (Å²) < 4.78 is 4.96. The van der Waals surface area contributed by atoms with Crippen molar-refractivity contribution in [3.05, 3.63) is 64.2 Å². The molecular weight excluding hydrogens is 310 g/mol. The number of ether oxygens (including phenoxy) is 1. The summed E-state index contributed by atoms with van der Waals surface area (Å²) in [5.74, 6) is 0.00146. The van der Waals surface area contributed by atoms with E-state index in [1.165, 1.54) is 19.2 Å². The second-order valence-electron chi connectivity index (χ2n) is 5.20. The van der Waals surface area contributed by atoms with Gasteiger partial charge in [0, 0.05) is 6.04 Å². The highest BCUT2D eigenvalue weighted by Gasteiger charge is 2.17. The van der Waals surface area contributed by atoms with Crippen LogP contribution in [0.2, 0.25) is 0 Å². The predicted molar refractivity (Wildman–Crippen MR) is 91.1 cm³/mol. The van der Waals surface area contributed by atoms with Crippen LogP contribution in [0.3, 0.4) is 0 Å². The standard InChI is InChI=1S/C17H19N3O4/c1-12(13-6-4-3-5-7-13)18-11-17(21)19-15-9-8-14(24-2)10-16(15)20(22)23/h3-10,12,18H,11H2,1-2H3,(H,19,21)/t12-/m0/s1. The molecule has 0 aromatic heterocycles. The second kappa shape index (κ2) is 8.07. The predicted octanol–water partition coefficient (Wildman–Crippen LogP) is 2.89. The largest absolute Gasteiger partial charge is 0.496 e. The Morgan fingerprint density at radius 2 is 1.96 bits per heavy atom. The fraction of sp³-hybridized carbons (Fsp3) is 0.235. The Bertz CT molecular complexity index is 719. The summed E-state index contributed by atoms with van der Waals surface area (Å²) in [5, 5.41) is 16.7. The number of rotatable bonds is 7. The number of methoxy groups -OCH3 is 1. The summed E-state index contributed by atoms with van der Waals surface area (Å²) in [7, 11) is 1.42. The zero-order chi connectivity index (χ0) is 17.5. The zero-order valence-corrected chi connectivity index (χ0v) is 13.5. The Labute approximate surface area is 139 Å². The lowest BCUT2D eigenvalue weighted by Gasteiger charge is -2.14. The third-order valence-corrected chi connectivity index (χ3v) is 3.54. The Morgan fingerprint density at radius 3 is 2.58 bits per heavy atom. The molecule has 0 bridgehead atoms. The number of nitro groups is 1. The van der Waals surface area contributed by atoms with E-state index in [1.807, 2.05) is 37.3 Å². The molecule has 0 aliphatic heterocycles. The maximum Gasteiger partial charge on any atom is 0.296 e. The lowest BCUT2D eigenvalue weighted by atomic mass is 10.1. The first-order valence-electron chi connectivity index (χ1n) is 7.42. The average Bonchev–Trinajstić information content (AvgIpc) is 2.60. The Kier molecular flexibility index (Phi) is 5.86. The van der Waals surface area contributed by atoms with Crippen molar-refractivity contribution in [1.29, 1.82) is 0 Å². The van der Waals surface area contributed by atoms with Crippen molar-refractivity contribution < 1.29 is 14.5 Å². The van der Waals surface area contributed by atoms with Crippen molar-refractivity contribution in [2.45, 2.75) is 13.0 Å². The molecular formula is C17H19N3O4. The highest BCUT2D eigenvalue weighted by molar-refractivity contribution is 5.94. The molecule has 0 unspecified atom stereocenters. The van der Waals surface area contributed by atoms with E-state index in [0.717, 1.165) is 5.56 Å². The normalized spacial score (nSPS) is 11.6. The molecule has 2 aromatic carbocycles. The summed E-state index contributed by atoms with van der Waals surface area (Å²) in [4.78, 5) is 22.6. The van der Waals surface area contributed by atoms with E-state index < -0.39 is 4.92 Å². The summed E-state index contributed by atoms with van der Waals surface area (Å²) in [6.07, 6.45) is 0. The number of carbonyl (C=O) groups excluding carboxylic acids is 1. The van der Waals surface area contributed by atoms with E-state index in [2.05, 4.69) is 10.6 Å². The van der Waals surface area contributed by atoms with Crippen LogP contribution in [-0.4, -0.2) is 24.5 Å². The van der Waals surface area contributed by atoms with E-state index in [-0.39, 0.29) is 29.9 Å². The van der Waals surface area contributed by atoms with Crippen LogP contribution in [0.5, 0.6) is 5.75 Å². The van der Waals surface area contributed by atoms with Crippen LogP contribution in [0.1, 0.15) is 18.5 Å². The van der Waals surface area contributed by atoms with Crippen LogP contribution in [0.4, 0.5) is 11.4 Å². The Balaban J connectivity index is 1.98. The Hall–Kier alpha value is -2.93. The van der Waals surface area contributed by atoms with Gasteiger partial charge in [0.1, 0.15) is 11.4 Å². The molecule has 2 rings (SSSR count). The van der Waals surface area contributed by atoms with Crippen LogP contribution in [-0.2, 0) is 4.79 Å². The van der Waals surface area contributed by atoms with Gasteiger partial charge in [-0.3, -0.25) is 14.9 Å². The topological polar surface area (TPSA) is 93.5 Å². The van der Waals surface area contributed by atoms with Gasteiger partial charge >= 0.3 is 0 Å². The molecule has 1 atom stereocenters. The maximum atomic E-state index is 12.1. The molecule has 126 valence electrons. The maximum absolute atomic E-state index is 12.1. The molecule has 2 N–H and O–H groups in total. The first-order chi connectivity index (χ1) is 11.5. The molecule has 0 fully saturated rings. The number of anilines is 1. The van der Waals surface area contributed by atoms with Gasteiger partial charge in [0.15, 0.2) is 0 Å². The first-order valence-corrected chi connectivity index (χ1v) is 7.42. The smallest absolute Gasteiger partial charge is 0.296 e. The van der Waals surface area contributed by atoms with Gasteiger partial charge in [0.2, 0.25) is 5.91 Å². The van der Waals surface area contributed by atoms with Gasteiger partial charge in [-0.05, 0) is 24.6 Å². The fourth-order valence-electron chi connectivity index (χ4n) is 2.19. The van der Waals surface area contributed by atoms with Crippen molar-refractivity contribution in [2.75, 3.05) is 19.0 Å². The number of nitrogens with one attached hydrogen (secondary N) is 2. The third kappa shape index (κ3) is 4.53. The molecule has 0 spiro atoms. The molecule has 0 aliphatic rings. The molecule has 7 nitrogen and oxygen atoms in total. The first kappa shape index (κ1) is 17.4. The van der Waals surface area contributed by atoms with Gasteiger partial charge in [-0.15, -0.1) is 0 Å². The number of amides is 1. The molecule has 0 aliphatic carbocycles. The molecule has 2 aromatic rings. The molecule has 24 heavy (non-hydrogen) atoms. The van der Waals surface area contributed by atoms with Gasteiger partial charge in [-0.1, -0.05) is 30.3 Å². The number of nitrogens with zero attached hydrogens (tertiary/aromatic N) is 1.